The average Bonchev–Trinajstić information content (AvgIpc) is 2.64. The third kappa shape index (κ3) is 5.16. The lowest BCUT2D eigenvalue weighted by atomic mass is 10.1. The van der Waals surface area contributed by atoms with Gasteiger partial charge in [0.15, 0.2) is 0 Å². The predicted octanol–water partition coefficient (Wildman–Crippen LogP) is 2.81. The highest BCUT2D eigenvalue weighted by atomic mass is 32.2. The van der Waals surface area contributed by atoms with Crippen molar-refractivity contribution in [2.24, 2.45) is 0 Å². The Labute approximate surface area is 166 Å². The molecular formula is C20H26N2O5S. The van der Waals surface area contributed by atoms with Crippen LogP contribution in [-0.4, -0.2) is 40.6 Å². The Hall–Kier alpha value is -2.74. The minimum atomic E-state index is -4.03. The Morgan fingerprint density at radius 3 is 2.21 bits per heavy atom. The highest BCUT2D eigenvalue weighted by Gasteiger charge is 2.30. The molecule has 0 radical (unpaired) electrons. The third-order valence-electron chi connectivity index (χ3n) is 3.79. The third-order valence-corrected chi connectivity index (χ3v) is 5.56. The minimum Gasteiger partial charge on any atom is -0.497 e. The molecule has 0 saturated carbocycles. The van der Waals surface area contributed by atoms with E-state index in [1.54, 1.807) is 30.3 Å². The first-order valence-corrected chi connectivity index (χ1v) is 10.1. The fourth-order valence-corrected chi connectivity index (χ4v) is 4.04. The van der Waals surface area contributed by atoms with Crippen LogP contribution in [0.4, 0.5) is 5.69 Å². The smallest absolute Gasteiger partial charge is 0.264 e. The summed E-state index contributed by atoms with van der Waals surface area (Å²) in [5.41, 5.74) is -0.285. The number of sulfonamides is 1. The Morgan fingerprint density at radius 2 is 1.68 bits per heavy atom. The van der Waals surface area contributed by atoms with Crippen LogP contribution in [0.2, 0.25) is 0 Å². The van der Waals surface area contributed by atoms with Crippen LogP contribution in [-0.2, 0) is 14.8 Å². The molecule has 1 amide bonds. The molecule has 0 heterocycles. The second-order valence-corrected chi connectivity index (χ2v) is 9.02. The molecule has 0 aliphatic carbocycles. The van der Waals surface area contributed by atoms with E-state index in [9.17, 15) is 13.2 Å². The lowest BCUT2D eigenvalue weighted by Gasteiger charge is -2.28. The zero-order valence-corrected chi connectivity index (χ0v) is 17.5. The van der Waals surface area contributed by atoms with Crippen molar-refractivity contribution in [3.8, 4) is 11.5 Å². The van der Waals surface area contributed by atoms with E-state index in [1.807, 2.05) is 20.8 Å². The highest BCUT2D eigenvalue weighted by molar-refractivity contribution is 7.92. The molecule has 152 valence electrons. The minimum absolute atomic E-state index is 0.0726. The molecule has 2 aromatic carbocycles. The molecule has 2 rings (SSSR count). The van der Waals surface area contributed by atoms with Gasteiger partial charge in [0, 0.05) is 11.6 Å². The number of nitrogens with one attached hydrogen (secondary N) is 1. The van der Waals surface area contributed by atoms with Crippen LogP contribution in [0, 0.1) is 0 Å². The molecule has 0 unspecified atom stereocenters. The fraction of sp³-hybridized carbons (Fsp3) is 0.350. The van der Waals surface area contributed by atoms with Gasteiger partial charge in [-0.05, 0) is 45.0 Å². The lowest BCUT2D eigenvalue weighted by molar-refractivity contribution is -0.121. The molecule has 28 heavy (non-hydrogen) atoms. The van der Waals surface area contributed by atoms with Gasteiger partial charge in [0.1, 0.15) is 18.0 Å². The van der Waals surface area contributed by atoms with Crippen LogP contribution >= 0.6 is 0 Å². The van der Waals surface area contributed by atoms with Gasteiger partial charge in [0.2, 0.25) is 5.91 Å². The van der Waals surface area contributed by atoms with E-state index in [2.05, 4.69) is 5.32 Å². The van der Waals surface area contributed by atoms with E-state index in [4.69, 9.17) is 9.47 Å². The Balaban J connectivity index is 2.59. The molecule has 0 aliphatic heterocycles. The van der Waals surface area contributed by atoms with Crippen molar-refractivity contribution in [1.29, 1.82) is 0 Å². The van der Waals surface area contributed by atoms with Crippen molar-refractivity contribution in [2.75, 3.05) is 25.1 Å². The van der Waals surface area contributed by atoms with Crippen LogP contribution in [0.25, 0.3) is 0 Å². The quantitative estimate of drug-likeness (QED) is 0.764. The van der Waals surface area contributed by atoms with Crippen LogP contribution in [0.15, 0.2) is 53.4 Å². The Bertz CT molecular complexity index is 921. The number of hydrogen-bond donors (Lipinski definition) is 1. The molecule has 7 nitrogen and oxygen atoms in total. The number of anilines is 1. The van der Waals surface area contributed by atoms with Gasteiger partial charge >= 0.3 is 0 Å². The average molecular weight is 407 g/mol. The number of ether oxygens (including phenoxy) is 2. The molecule has 0 spiro atoms. The molecule has 1 N–H and O–H groups in total. The summed E-state index contributed by atoms with van der Waals surface area (Å²) < 4.78 is 38.3. The van der Waals surface area contributed by atoms with Crippen molar-refractivity contribution in [1.82, 2.24) is 5.32 Å². The fourth-order valence-electron chi connectivity index (χ4n) is 2.60. The first-order chi connectivity index (χ1) is 13.1. The summed E-state index contributed by atoms with van der Waals surface area (Å²) in [6.45, 7) is 5.07. The Kier molecular flexibility index (Phi) is 6.56. The maximum atomic E-state index is 13.4. The van der Waals surface area contributed by atoms with E-state index in [0.29, 0.717) is 11.5 Å². The molecule has 0 saturated heterocycles. The number of amides is 1. The molecule has 0 atom stereocenters. The topological polar surface area (TPSA) is 84.9 Å². The summed E-state index contributed by atoms with van der Waals surface area (Å²) >= 11 is 0. The second kappa shape index (κ2) is 8.52. The van der Waals surface area contributed by atoms with E-state index < -0.39 is 28.0 Å². The predicted molar refractivity (Wildman–Crippen MR) is 108 cm³/mol. The van der Waals surface area contributed by atoms with E-state index in [1.165, 1.54) is 32.4 Å². The van der Waals surface area contributed by atoms with E-state index in [-0.39, 0.29) is 10.6 Å². The van der Waals surface area contributed by atoms with Crippen LogP contribution in [0.1, 0.15) is 20.8 Å². The lowest BCUT2D eigenvalue weighted by Crippen LogP contribution is -2.47. The second-order valence-electron chi connectivity index (χ2n) is 7.16. The summed E-state index contributed by atoms with van der Waals surface area (Å²) in [7, 11) is -1.11. The summed E-state index contributed by atoms with van der Waals surface area (Å²) in [4.78, 5) is 12.7. The summed E-state index contributed by atoms with van der Waals surface area (Å²) in [5.74, 6) is 0.320. The van der Waals surface area contributed by atoms with Gasteiger partial charge in [-0.15, -0.1) is 0 Å². The largest absolute Gasteiger partial charge is 0.497 e. The number of carbonyl (C=O) groups excluding carboxylic acids is 1. The van der Waals surface area contributed by atoms with Gasteiger partial charge in [0.25, 0.3) is 10.0 Å². The molecule has 0 aromatic heterocycles. The van der Waals surface area contributed by atoms with Gasteiger partial charge in [-0.25, -0.2) is 8.42 Å². The van der Waals surface area contributed by atoms with Crippen LogP contribution < -0.4 is 19.1 Å². The zero-order valence-electron chi connectivity index (χ0n) is 16.7. The molecular weight excluding hydrogens is 380 g/mol. The zero-order chi connectivity index (χ0) is 20.9. The number of hydrogen-bond acceptors (Lipinski definition) is 5. The van der Waals surface area contributed by atoms with Crippen LogP contribution in [0.3, 0.4) is 0 Å². The van der Waals surface area contributed by atoms with E-state index >= 15 is 0 Å². The van der Waals surface area contributed by atoms with Gasteiger partial charge in [-0.2, -0.15) is 0 Å². The van der Waals surface area contributed by atoms with Gasteiger partial charge in [-0.1, -0.05) is 18.2 Å². The standard InChI is InChI=1S/C20H26N2O5S/c1-20(2,3)21-19(23)14-22(28(24,25)16-9-7-6-8-10-16)17-13-15(26-4)11-12-18(17)27-5/h6-13H,14H2,1-5H3,(H,21,23). The number of nitrogens with zero attached hydrogens (tertiary/aromatic N) is 1. The monoisotopic (exact) mass is 406 g/mol. The molecule has 0 fully saturated rings. The van der Waals surface area contributed by atoms with Crippen LogP contribution in [0.5, 0.6) is 11.5 Å². The number of benzene rings is 2. The van der Waals surface area contributed by atoms with Crippen molar-refractivity contribution in [2.45, 2.75) is 31.2 Å². The maximum Gasteiger partial charge on any atom is 0.264 e. The summed E-state index contributed by atoms with van der Waals surface area (Å²) in [6, 6.07) is 12.7. The first-order valence-electron chi connectivity index (χ1n) is 8.69. The maximum absolute atomic E-state index is 13.4. The normalized spacial score (nSPS) is 11.6. The summed E-state index contributed by atoms with van der Waals surface area (Å²) in [5, 5.41) is 2.79. The molecule has 2 aromatic rings. The van der Waals surface area contributed by atoms with Gasteiger partial charge < -0.3 is 14.8 Å². The SMILES string of the molecule is COc1ccc(OC)c(N(CC(=O)NC(C)(C)C)S(=O)(=O)c2ccccc2)c1. The molecule has 8 heteroatoms. The number of carbonyl (C=O) groups is 1. The number of methoxy groups -OCH3 is 2. The van der Waals surface area contributed by atoms with Crippen molar-refractivity contribution < 1.29 is 22.7 Å². The number of rotatable bonds is 7. The first kappa shape index (κ1) is 21.6. The molecule has 0 aliphatic rings. The van der Waals surface area contributed by atoms with Crippen molar-refractivity contribution in [3.05, 3.63) is 48.5 Å². The van der Waals surface area contributed by atoms with Crippen molar-refractivity contribution >= 4 is 21.6 Å². The van der Waals surface area contributed by atoms with E-state index in [0.717, 1.165) is 4.31 Å². The van der Waals surface area contributed by atoms with Gasteiger partial charge in [0.05, 0.1) is 24.8 Å². The summed E-state index contributed by atoms with van der Waals surface area (Å²) in [6.07, 6.45) is 0. The highest BCUT2D eigenvalue weighted by Crippen LogP contribution is 2.35. The Morgan fingerprint density at radius 1 is 1.04 bits per heavy atom. The van der Waals surface area contributed by atoms with Crippen molar-refractivity contribution in [3.63, 3.8) is 0 Å². The van der Waals surface area contributed by atoms with Gasteiger partial charge in [-0.3, -0.25) is 9.10 Å². The molecule has 0 bridgehead atoms.